The number of nitrogens with zero attached hydrogens (tertiary/aromatic N) is 4. The molecule has 2 aromatic carbocycles. The average molecular weight is 298 g/mol. The lowest BCUT2D eigenvalue weighted by molar-refractivity contribution is 1.06. The van der Waals surface area contributed by atoms with Crippen molar-refractivity contribution in [2.75, 3.05) is 0 Å². The van der Waals surface area contributed by atoms with E-state index in [4.69, 9.17) is 0 Å². The largest absolute Gasteiger partial charge is 0.306 e. The standard InChI is InChI=1S/C19H14N4/c1-4-18-17(3-2-10-21-18)19(5-1)22-13-15-6-8-16(9-7-15)23-12-11-20-14-23/h1-14H/b22-13+. The van der Waals surface area contributed by atoms with Gasteiger partial charge in [0, 0.05) is 35.9 Å². The van der Waals surface area contributed by atoms with E-state index in [0.29, 0.717) is 0 Å². The van der Waals surface area contributed by atoms with Crippen LogP contribution in [-0.4, -0.2) is 20.7 Å². The monoisotopic (exact) mass is 298 g/mol. The van der Waals surface area contributed by atoms with Crippen molar-refractivity contribution in [3.63, 3.8) is 0 Å². The Morgan fingerprint density at radius 1 is 0.913 bits per heavy atom. The van der Waals surface area contributed by atoms with E-state index >= 15 is 0 Å². The van der Waals surface area contributed by atoms with Gasteiger partial charge in [0.05, 0.1) is 17.5 Å². The molecule has 0 saturated heterocycles. The van der Waals surface area contributed by atoms with Crippen molar-refractivity contribution in [1.29, 1.82) is 0 Å². The number of aromatic nitrogens is 3. The molecule has 4 aromatic rings. The molecule has 110 valence electrons. The summed E-state index contributed by atoms with van der Waals surface area (Å²) in [7, 11) is 0. The number of rotatable bonds is 3. The Morgan fingerprint density at radius 3 is 2.65 bits per heavy atom. The van der Waals surface area contributed by atoms with E-state index in [1.54, 1.807) is 18.7 Å². The maximum atomic E-state index is 4.61. The van der Waals surface area contributed by atoms with Gasteiger partial charge in [0.2, 0.25) is 0 Å². The van der Waals surface area contributed by atoms with Crippen LogP contribution in [0, 0.1) is 0 Å². The Hall–Kier alpha value is -3.27. The second-order valence-electron chi connectivity index (χ2n) is 5.17. The maximum Gasteiger partial charge on any atom is 0.0991 e. The zero-order valence-corrected chi connectivity index (χ0v) is 12.4. The predicted octanol–water partition coefficient (Wildman–Crippen LogP) is 4.17. The predicted molar refractivity (Wildman–Crippen MR) is 92.6 cm³/mol. The van der Waals surface area contributed by atoms with Crippen LogP contribution in [0.1, 0.15) is 5.56 Å². The Balaban J connectivity index is 1.63. The number of fused-ring (bicyclic) bond motifs is 1. The van der Waals surface area contributed by atoms with Crippen molar-refractivity contribution in [3.05, 3.63) is 85.1 Å². The van der Waals surface area contributed by atoms with Crippen LogP contribution in [0.4, 0.5) is 5.69 Å². The van der Waals surface area contributed by atoms with Gasteiger partial charge in [0.1, 0.15) is 0 Å². The van der Waals surface area contributed by atoms with Crippen molar-refractivity contribution in [1.82, 2.24) is 14.5 Å². The summed E-state index contributed by atoms with van der Waals surface area (Å²) >= 11 is 0. The summed E-state index contributed by atoms with van der Waals surface area (Å²) in [6.45, 7) is 0. The van der Waals surface area contributed by atoms with Crippen LogP contribution < -0.4 is 0 Å². The fourth-order valence-corrected chi connectivity index (χ4v) is 2.49. The van der Waals surface area contributed by atoms with E-state index in [2.05, 4.69) is 15.0 Å². The quantitative estimate of drug-likeness (QED) is 0.533. The lowest BCUT2D eigenvalue weighted by Gasteiger charge is -2.02. The SMILES string of the molecule is C(=N\c1cccc2ncccc12)/c1ccc(-n2ccnc2)cc1. The minimum atomic E-state index is 0.925. The number of benzene rings is 2. The second kappa shape index (κ2) is 5.85. The van der Waals surface area contributed by atoms with Crippen molar-refractivity contribution in [3.8, 4) is 5.69 Å². The summed E-state index contributed by atoms with van der Waals surface area (Å²) in [6.07, 6.45) is 9.15. The number of hydrogen-bond acceptors (Lipinski definition) is 3. The highest BCUT2D eigenvalue weighted by molar-refractivity contribution is 5.93. The zero-order chi connectivity index (χ0) is 15.5. The van der Waals surface area contributed by atoms with Gasteiger partial charge < -0.3 is 4.57 Å². The van der Waals surface area contributed by atoms with E-state index < -0.39 is 0 Å². The molecule has 0 radical (unpaired) electrons. The number of aliphatic imine (C=N–C) groups is 1. The molecule has 0 aliphatic carbocycles. The number of pyridine rings is 1. The molecule has 0 spiro atoms. The van der Waals surface area contributed by atoms with Crippen LogP contribution in [0.5, 0.6) is 0 Å². The highest BCUT2D eigenvalue weighted by atomic mass is 15.0. The third-order valence-electron chi connectivity index (χ3n) is 3.67. The Kier molecular flexibility index (Phi) is 3.41. The molecule has 0 aliphatic rings. The van der Waals surface area contributed by atoms with Gasteiger partial charge >= 0.3 is 0 Å². The molecule has 2 heterocycles. The van der Waals surface area contributed by atoms with E-state index in [9.17, 15) is 0 Å². The summed E-state index contributed by atoms with van der Waals surface area (Å²) in [5.41, 5.74) is 4.01. The molecule has 0 aliphatic heterocycles. The van der Waals surface area contributed by atoms with Crippen LogP contribution in [0.25, 0.3) is 16.6 Å². The third kappa shape index (κ3) is 2.74. The van der Waals surface area contributed by atoms with Crippen molar-refractivity contribution >= 4 is 22.8 Å². The summed E-state index contributed by atoms with van der Waals surface area (Å²) < 4.78 is 1.97. The molecule has 0 fully saturated rings. The zero-order valence-electron chi connectivity index (χ0n) is 12.4. The van der Waals surface area contributed by atoms with Crippen molar-refractivity contribution < 1.29 is 0 Å². The smallest absolute Gasteiger partial charge is 0.0991 e. The van der Waals surface area contributed by atoms with E-state index in [-0.39, 0.29) is 0 Å². The first kappa shape index (κ1) is 13.4. The highest BCUT2D eigenvalue weighted by Gasteiger charge is 1.99. The van der Waals surface area contributed by atoms with Gasteiger partial charge in [-0.25, -0.2) is 4.98 Å². The van der Waals surface area contributed by atoms with E-state index in [1.165, 1.54) is 0 Å². The normalized spacial score (nSPS) is 11.3. The lowest BCUT2D eigenvalue weighted by atomic mass is 10.2. The average Bonchev–Trinajstić information content (AvgIpc) is 3.15. The summed E-state index contributed by atoms with van der Waals surface area (Å²) in [5, 5.41) is 1.06. The minimum absolute atomic E-state index is 0.925. The molecule has 23 heavy (non-hydrogen) atoms. The first-order valence-electron chi connectivity index (χ1n) is 7.36. The van der Waals surface area contributed by atoms with Crippen LogP contribution in [-0.2, 0) is 0 Å². The van der Waals surface area contributed by atoms with Gasteiger partial charge in [-0.1, -0.05) is 18.2 Å². The third-order valence-corrected chi connectivity index (χ3v) is 3.67. The topological polar surface area (TPSA) is 43.1 Å². The number of imidazole rings is 1. The molecule has 0 saturated carbocycles. The highest BCUT2D eigenvalue weighted by Crippen LogP contribution is 2.24. The minimum Gasteiger partial charge on any atom is -0.306 e. The molecule has 0 unspecified atom stereocenters. The second-order valence-corrected chi connectivity index (χ2v) is 5.17. The van der Waals surface area contributed by atoms with Gasteiger partial charge in [-0.3, -0.25) is 9.98 Å². The lowest BCUT2D eigenvalue weighted by Crippen LogP contribution is -1.90. The maximum absolute atomic E-state index is 4.61. The molecule has 4 rings (SSSR count). The van der Waals surface area contributed by atoms with Crippen LogP contribution in [0.3, 0.4) is 0 Å². The first-order valence-corrected chi connectivity index (χ1v) is 7.36. The van der Waals surface area contributed by atoms with Crippen LogP contribution >= 0.6 is 0 Å². The van der Waals surface area contributed by atoms with E-state index in [0.717, 1.165) is 27.8 Å². The van der Waals surface area contributed by atoms with Crippen LogP contribution in [0.15, 0.2) is 84.5 Å². The number of hydrogen-bond donors (Lipinski definition) is 0. The van der Waals surface area contributed by atoms with Gasteiger partial charge in [-0.05, 0) is 42.0 Å². The molecular weight excluding hydrogens is 284 g/mol. The molecule has 4 nitrogen and oxygen atoms in total. The molecular formula is C19H14N4. The summed E-state index contributed by atoms with van der Waals surface area (Å²) in [5.74, 6) is 0. The van der Waals surface area contributed by atoms with Crippen molar-refractivity contribution in [2.45, 2.75) is 0 Å². The van der Waals surface area contributed by atoms with Gasteiger partial charge in [0.15, 0.2) is 0 Å². The fraction of sp³-hybridized carbons (Fsp3) is 0. The Labute approximate surface area is 133 Å². The van der Waals surface area contributed by atoms with Crippen molar-refractivity contribution in [2.24, 2.45) is 4.99 Å². The first-order chi connectivity index (χ1) is 11.4. The molecule has 0 bridgehead atoms. The molecule has 0 amide bonds. The summed E-state index contributed by atoms with van der Waals surface area (Å²) in [6, 6.07) is 18.1. The molecule has 0 N–H and O–H groups in total. The fourth-order valence-electron chi connectivity index (χ4n) is 2.49. The van der Waals surface area contributed by atoms with Gasteiger partial charge in [0.25, 0.3) is 0 Å². The Bertz CT molecular complexity index is 949. The van der Waals surface area contributed by atoms with Crippen LogP contribution in [0.2, 0.25) is 0 Å². The van der Waals surface area contributed by atoms with E-state index in [1.807, 2.05) is 71.6 Å². The van der Waals surface area contributed by atoms with Gasteiger partial charge in [-0.2, -0.15) is 0 Å². The summed E-state index contributed by atoms with van der Waals surface area (Å²) in [4.78, 5) is 13.0. The molecule has 2 aromatic heterocycles. The molecule has 4 heteroatoms. The molecule has 0 atom stereocenters. The Morgan fingerprint density at radius 2 is 1.83 bits per heavy atom. The van der Waals surface area contributed by atoms with Gasteiger partial charge in [-0.15, -0.1) is 0 Å².